The van der Waals surface area contributed by atoms with Crippen LogP contribution in [-0.4, -0.2) is 46.2 Å². The zero-order valence-electron chi connectivity index (χ0n) is 17.5. The minimum atomic E-state index is -1.54. The van der Waals surface area contributed by atoms with Gasteiger partial charge in [-0.05, 0) is 31.2 Å². The van der Waals surface area contributed by atoms with Gasteiger partial charge in [0.25, 0.3) is 5.91 Å². The standard InChI is InChI=1S/C20H21Cl2N3O6/c1-11(26)18(23-24-19-16(31-5)9-8-15(30-4)17(19)21)20(27)25(22)13-10-12(28-2)6-7-14(13)29-3/h6-10,18H,1-5H3. The number of azo groups is 1. The third-order valence-electron chi connectivity index (χ3n) is 4.17. The highest BCUT2D eigenvalue weighted by atomic mass is 35.5. The highest BCUT2D eigenvalue weighted by Crippen LogP contribution is 2.42. The molecule has 0 aliphatic heterocycles. The summed E-state index contributed by atoms with van der Waals surface area (Å²) in [5.41, 5.74) is 0.273. The van der Waals surface area contributed by atoms with Gasteiger partial charge in [-0.15, -0.1) is 5.11 Å². The zero-order chi connectivity index (χ0) is 23.1. The van der Waals surface area contributed by atoms with Crippen LogP contribution in [0.2, 0.25) is 5.02 Å². The molecule has 0 spiro atoms. The molecule has 0 saturated carbocycles. The first-order valence-electron chi connectivity index (χ1n) is 8.82. The molecule has 0 saturated heterocycles. The van der Waals surface area contributed by atoms with Crippen molar-refractivity contribution in [2.75, 3.05) is 32.9 Å². The molecule has 0 fully saturated rings. The van der Waals surface area contributed by atoms with E-state index in [1.165, 1.54) is 41.4 Å². The summed E-state index contributed by atoms with van der Waals surface area (Å²) in [6, 6.07) is 6.31. The number of benzene rings is 2. The van der Waals surface area contributed by atoms with Crippen molar-refractivity contribution < 1.29 is 28.5 Å². The fourth-order valence-electron chi connectivity index (χ4n) is 2.54. The summed E-state index contributed by atoms with van der Waals surface area (Å²) in [4.78, 5) is 25.1. The maximum atomic E-state index is 13.0. The van der Waals surface area contributed by atoms with Gasteiger partial charge in [0.1, 0.15) is 39.4 Å². The number of Topliss-reactive ketones (excluding diaryl/α,β-unsaturated/α-hetero) is 1. The van der Waals surface area contributed by atoms with E-state index in [2.05, 4.69) is 10.2 Å². The summed E-state index contributed by atoms with van der Waals surface area (Å²) in [5.74, 6) is -0.102. The van der Waals surface area contributed by atoms with Crippen LogP contribution in [0.4, 0.5) is 11.4 Å². The number of hydrogen-bond donors (Lipinski definition) is 0. The Balaban J connectivity index is 2.44. The van der Waals surface area contributed by atoms with Crippen LogP contribution >= 0.6 is 23.4 Å². The number of ether oxygens (including phenoxy) is 4. The summed E-state index contributed by atoms with van der Waals surface area (Å²) in [6.07, 6.45) is 0. The number of nitrogens with zero attached hydrogens (tertiary/aromatic N) is 3. The summed E-state index contributed by atoms with van der Waals surface area (Å²) < 4.78 is 21.5. The van der Waals surface area contributed by atoms with Gasteiger partial charge in [-0.2, -0.15) is 5.11 Å². The molecule has 0 heterocycles. The minimum absolute atomic E-state index is 0.0997. The fourth-order valence-corrected chi connectivity index (χ4v) is 3.04. The van der Waals surface area contributed by atoms with Crippen molar-refractivity contribution in [2.24, 2.45) is 10.2 Å². The number of anilines is 1. The maximum Gasteiger partial charge on any atom is 0.276 e. The van der Waals surface area contributed by atoms with Gasteiger partial charge in [0.05, 0.1) is 28.4 Å². The molecule has 0 aliphatic rings. The number of rotatable bonds is 9. The molecular formula is C20H21Cl2N3O6. The molecule has 0 N–H and O–H groups in total. The van der Waals surface area contributed by atoms with Crippen molar-refractivity contribution in [2.45, 2.75) is 13.0 Å². The Morgan fingerprint density at radius 1 is 0.935 bits per heavy atom. The lowest BCUT2D eigenvalue weighted by Gasteiger charge is -2.19. The summed E-state index contributed by atoms with van der Waals surface area (Å²) >= 11 is 12.5. The molecule has 1 amide bonds. The lowest BCUT2D eigenvalue weighted by atomic mass is 10.2. The molecule has 9 nitrogen and oxygen atoms in total. The van der Waals surface area contributed by atoms with Crippen molar-refractivity contribution >= 4 is 46.4 Å². The Hall–Kier alpha value is -3.04. The number of carbonyl (C=O) groups is 2. The molecule has 2 aromatic carbocycles. The van der Waals surface area contributed by atoms with Crippen LogP contribution < -0.4 is 23.4 Å². The molecule has 1 unspecified atom stereocenters. The van der Waals surface area contributed by atoms with E-state index in [-0.39, 0.29) is 22.1 Å². The average molecular weight is 470 g/mol. The van der Waals surface area contributed by atoms with Gasteiger partial charge >= 0.3 is 0 Å². The van der Waals surface area contributed by atoms with E-state index in [0.29, 0.717) is 17.2 Å². The first-order chi connectivity index (χ1) is 14.8. The van der Waals surface area contributed by atoms with Crippen molar-refractivity contribution in [3.05, 3.63) is 35.4 Å². The third kappa shape index (κ3) is 5.36. The molecule has 0 aromatic heterocycles. The summed E-state index contributed by atoms with van der Waals surface area (Å²) in [6.45, 7) is 1.19. The Morgan fingerprint density at radius 3 is 2.06 bits per heavy atom. The van der Waals surface area contributed by atoms with Crippen molar-refractivity contribution in [1.82, 2.24) is 0 Å². The molecule has 2 rings (SSSR count). The number of amides is 1. The second-order valence-electron chi connectivity index (χ2n) is 6.02. The molecule has 0 radical (unpaired) electrons. The van der Waals surface area contributed by atoms with Crippen LogP contribution in [0.5, 0.6) is 23.0 Å². The van der Waals surface area contributed by atoms with Gasteiger partial charge in [-0.1, -0.05) is 11.6 Å². The lowest BCUT2D eigenvalue weighted by Crippen LogP contribution is -2.36. The molecule has 2 aromatic rings. The van der Waals surface area contributed by atoms with Crippen molar-refractivity contribution in [3.63, 3.8) is 0 Å². The van der Waals surface area contributed by atoms with Crippen LogP contribution in [0.1, 0.15) is 6.92 Å². The normalized spacial score (nSPS) is 11.7. The topological polar surface area (TPSA) is 99.0 Å². The number of carbonyl (C=O) groups excluding carboxylic acids is 2. The second kappa shape index (κ2) is 10.8. The Bertz CT molecular complexity index is 999. The number of halogens is 2. The minimum Gasteiger partial charge on any atom is -0.497 e. The molecule has 11 heteroatoms. The van der Waals surface area contributed by atoms with E-state index < -0.39 is 17.7 Å². The van der Waals surface area contributed by atoms with E-state index in [1.54, 1.807) is 24.3 Å². The number of methoxy groups -OCH3 is 4. The Kier molecular flexibility index (Phi) is 8.47. The van der Waals surface area contributed by atoms with Crippen LogP contribution in [0.25, 0.3) is 0 Å². The van der Waals surface area contributed by atoms with E-state index in [0.717, 1.165) is 4.42 Å². The van der Waals surface area contributed by atoms with E-state index in [9.17, 15) is 9.59 Å². The van der Waals surface area contributed by atoms with E-state index in [4.69, 9.17) is 42.3 Å². The fraction of sp³-hybridized carbons (Fsp3) is 0.300. The van der Waals surface area contributed by atoms with Crippen LogP contribution in [0.15, 0.2) is 40.6 Å². The first-order valence-corrected chi connectivity index (χ1v) is 9.54. The summed E-state index contributed by atoms with van der Waals surface area (Å²) in [7, 11) is 5.73. The largest absolute Gasteiger partial charge is 0.497 e. The molecule has 0 aliphatic carbocycles. The first kappa shape index (κ1) is 24.2. The van der Waals surface area contributed by atoms with Gasteiger partial charge in [0, 0.05) is 17.8 Å². The van der Waals surface area contributed by atoms with Gasteiger partial charge in [0.15, 0.2) is 5.78 Å². The number of ketones is 1. The molecular weight excluding hydrogens is 449 g/mol. The molecule has 0 bridgehead atoms. The average Bonchev–Trinajstić information content (AvgIpc) is 2.78. The van der Waals surface area contributed by atoms with Crippen LogP contribution in [-0.2, 0) is 9.59 Å². The SMILES string of the molecule is COc1ccc(OC)c(N(Cl)C(=O)C(N=Nc2c(OC)ccc(OC)c2Cl)C(C)=O)c1. The van der Waals surface area contributed by atoms with E-state index in [1.807, 2.05) is 0 Å². The van der Waals surface area contributed by atoms with E-state index >= 15 is 0 Å². The van der Waals surface area contributed by atoms with Gasteiger partial charge < -0.3 is 18.9 Å². The van der Waals surface area contributed by atoms with Crippen molar-refractivity contribution in [1.29, 1.82) is 0 Å². The zero-order valence-corrected chi connectivity index (χ0v) is 19.0. The maximum absolute atomic E-state index is 13.0. The highest BCUT2D eigenvalue weighted by Gasteiger charge is 2.31. The second-order valence-corrected chi connectivity index (χ2v) is 6.73. The summed E-state index contributed by atoms with van der Waals surface area (Å²) in [5, 5.41) is 7.98. The Morgan fingerprint density at radius 2 is 1.52 bits per heavy atom. The predicted molar refractivity (Wildman–Crippen MR) is 116 cm³/mol. The quantitative estimate of drug-likeness (QED) is 0.302. The highest BCUT2D eigenvalue weighted by molar-refractivity contribution is 6.39. The van der Waals surface area contributed by atoms with Crippen molar-refractivity contribution in [3.8, 4) is 23.0 Å². The molecule has 1 atom stereocenters. The van der Waals surface area contributed by atoms with Gasteiger partial charge in [-0.25, -0.2) is 4.42 Å². The van der Waals surface area contributed by atoms with Gasteiger partial charge in [0.2, 0.25) is 6.04 Å². The lowest BCUT2D eigenvalue weighted by molar-refractivity contribution is -0.126. The number of hydrogen-bond acceptors (Lipinski definition) is 8. The van der Waals surface area contributed by atoms with Gasteiger partial charge in [-0.3, -0.25) is 9.59 Å². The predicted octanol–water partition coefficient (Wildman–Crippen LogP) is 4.60. The Labute approximate surface area is 189 Å². The third-order valence-corrected chi connectivity index (χ3v) is 4.88. The molecule has 31 heavy (non-hydrogen) atoms. The van der Waals surface area contributed by atoms with Crippen LogP contribution in [0.3, 0.4) is 0 Å². The molecule has 166 valence electrons. The van der Waals surface area contributed by atoms with Crippen LogP contribution in [0, 0.1) is 0 Å². The monoisotopic (exact) mass is 469 g/mol. The smallest absolute Gasteiger partial charge is 0.276 e.